The molecule has 0 fully saturated rings. The van der Waals surface area contributed by atoms with Crippen molar-refractivity contribution in [3.63, 3.8) is 0 Å². The molecule has 0 bridgehead atoms. The summed E-state index contributed by atoms with van der Waals surface area (Å²) in [4.78, 5) is 11.2. The Morgan fingerprint density at radius 3 is 2.56 bits per heavy atom. The first kappa shape index (κ1) is 12.5. The lowest BCUT2D eigenvalue weighted by molar-refractivity contribution is 0.239. The van der Waals surface area contributed by atoms with E-state index >= 15 is 0 Å². The smallest absolute Gasteiger partial charge is 0.315 e. The van der Waals surface area contributed by atoms with Crippen LogP contribution in [0.1, 0.15) is 18.1 Å². The van der Waals surface area contributed by atoms with Crippen molar-refractivity contribution in [1.82, 2.24) is 10.6 Å². The monoisotopic (exact) mass is 224 g/mol. The van der Waals surface area contributed by atoms with Gasteiger partial charge in [-0.3, -0.25) is 0 Å². The Morgan fingerprint density at radius 1 is 1.25 bits per heavy atom. The normalized spacial score (nSPS) is 9.88. The first-order valence-electron chi connectivity index (χ1n) is 5.42. The molecule has 88 valence electrons. The molecule has 2 N–H and O–H groups in total. The maximum absolute atomic E-state index is 11.8. The van der Waals surface area contributed by atoms with E-state index in [4.69, 9.17) is 0 Å². The number of alkyl halides is 1. The van der Waals surface area contributed by atoms with Crippen molar-refractivity contribution in [1.29, 1.82) is 0 Å². The number of hydrogen-bond donors (Lipinski definition) is 2. The third-order valence-corrected chi connectivity index (χ3v) is 2.32. The average molecular weight is 224 g/mol. The van der Waals surface area contributed by atoms with Crippen LogP contribution in [0, 0.1) is 0 Å². The molecule has 2 amide bonds. The van der Waals surface area contributed by atoms with Gasteiger partial charge < -0.3 is 10.6 Å². The van der Waals surface area contributed by atoms with Gasteiger partial charge in [0, 0.05) is 13.1 Å². The number of benzene rings is 1. The van der Waals surface area contributed by atoms with Gasteiger partial charge in [-0.2, -0.15) is 0 Å². The highest BCUT2D eigenvalue weighted by atomic mass is 19.1. The van der Waals surface area contributed by atoms with E-state index < -0.39 is 6.67 Å². The average Bonchev–Trinajstić information content (AvgIpc) is 2.34. The Hall–Kier alpha value is -1.58. The fourth-order valence-corrected chi connectivity index (χ4v) is 1.47. The van der Waals surface area contributed by atoms with E-state index in [9.17, 15) is 9.18 Å². The van der Waals surface area contributed by atoms with E-state index in [1.807, 2.05) is 24.3 Å². The third kappa shape index (κ3) is 3.88. The molecule has 0 aliphatic heterocycles. The molecule has 0 radical (unpaired) electrons. The van der Waals surface area contributed by atoms with Gasteiger partial charge in [0.15, 0.2) is 0 Å². The van der Waals surface area contributed by atoms with Crippen molar-refractivity contribution in [2.45, 2.75) is 19.9 Å². The summed E-state index contributed by atoms with van der Waals surface area (Å²) in [6.07, 6.45) is 0.934. The molecule has 4 heteroatoms. The van der Waals surface area contributed by atoms with Crippen molar-refractivity contribution >= 4 is 6.03 Å². The number of urea groups is 1. The zero-order chi connectivity index (χ0) is 11.8. The van der Waals surface area contributed by atoms with Crippen LogP contribution in [0.25, 0.3) is 0 Å². The molecule has 1 aromatic rings. The fourth-order valence-electron chi connectivity index (χ4n) is 1.47. The Balaban J connectivity index is 2.44. The molecule has 0 saturated heterocycles. The minimum Gasteiger partial charge on any atom is -0.336 e. The van der Waals surface area contributed by atoms with E-state index in [0.29, 0.717) is 6.54 Å². The molecule has 0 aliphatic rings. The zero-order valence-electron chi connectivity index (χ0n) is 9.42. The summed E-state index contributed by atoms with van der Waals surface area (Å²) in [6.45, 7) is 2.06. The highest BCUT2D eigenvalue weighted by Crippen LogP contribution is 2.08. The fraction of sp³-hybridized carbons (Fsp3) is 0.417. The second-order valence-electron chi connectivity index (χ2n) is 3.42. The van der Waals surface area contributed by atoms with E-state index in [2.05, 4.69) is 17.6 Å². The summed E-state index contributed by atoms with van der Waals surface area (Å²) in [5.41, 5.74) is 2.31. The molecule has 3 nitrogen and oxygen atoms in total. The van der Waals surface area contributed by atoms with Crippen LogP contribution in [0.2, 0.25) is 0 Å². The Kier molecular flexibility index (Phi) is 5.32. The van der Waals surface area contributed by atoms with Gasteiger partial charge in [0.05, 0.1) is 0 Å². The van der Waals surface area contributed by atoms with Crippen LogP contribution in [0.15, 0.2) is 24.3 Å². The van der Waals surface area contributed by atoms with Crippen LogP contribution in [0.5, 0.6) is 0 Å². The minimum absolute atomic E-state index is 0.0568. The maximum atomic E-state index is 11.8. The van der Waals surface area contributed by atoms with Gasteiger partial charge >= 0.3 is 6.03 Å². The first-order valence-corrected chi connectivity index (χ1v) is 5.42. The van der Waals surface area contributed by atoms with Gasteiger partial charge in [-0.15, -0.1) is 0 Å². The zero-order valence-corrected chi connectivity index (χ0v) is 9.42. The molecule has 0 atom stereocenters. The number of carbonyl (C=O) groups is 1. The van der Waals surface area contributed by atoms with E-state index in [1.54, 1.807) is 0 Å². The summed E-state index contributed by atoms with van der Waals surface area (Å²) in [7, 11) is 0. The Labute approximate surface area is 95.0 Å². The molecule has 1 aromatic carbocycles. The number of aryl methyl sites for hydroxylation is 1. The van der Waals surface area contributed by atoms with Crippen molar-refractivity contribution in [2.75, 3.05) is 13.2 Å². The molecule has 1 rings (SSSR count). The van der Waals surface area contributed by atoms with Gasteiger partial charge in [0.1, 0.15) is 6.67 Å². The Morgan fingerprint density at radius 2 is 1.94 bits per heavy atom. The largest absolute Gasteiger partial charge is 0.336 e. The van der Waals surface area contributed by atoms with E-state index in [-0.39, 0.29) is 12.6 Å². The lowest BCUT2D eigenvalue weighted by Crippen LogP contribution is -2.36. The third-order valence-electron chi connectivity index (χ3n) is 2.32. The maximum Gasteiger partial charge on any atom is 0.315 e. The van der Waals surface area contributed by atoms with Gasteiger partial charge in [0.2, 0.25) is 0 Å². The molecule has 16 heavy (non-hydrogen) atoms. The number of hydrogen-bond acceptors (Lipinski definition) is 1. The first-order chi connectivity index (χ1) is 7.77. The molecule has 0 spiro atoms. The quantitative estimate of drug-likeness (QED) is 0.789. The number of halogens is 1. The van der Waals surface area contributed by atoms with E-state index in [0.717, 1.165) is 12.0 Å². The SMILES string of the molecule is CCc1ccccc1CNC(=O)NCCF. The van der Waals surface area contributed by atoms with Crippen molar-refractivity contribution in [3.05, 3.63) is 35.4 Å². The molecular weight excluding hydrogens is 207 g/mol. The van der Waals surface area contributed by atoms with Gasteiger partial charge in [-0.25, -0.2) is 9.18 Å². The molecule has 0 heterocycles. The van der Waals surface area contributed by atoms with Crippen molar-refractivity contribution < 1.29 is 9.18 Å². The summed E-state index contributed by atoms with van der Waals surface area (Å²) >= 11 is 0. The van der Waals surface area contributed by atoms with Crippen LogP contribution < -0.4 is 10.6 Å². The number of rotatable bonds is 5. The summed E-state index contributed by atoms with van der Waals surface area (Å²) < 4.78 is 11.8. The molecular formula is C12H17FN2O. The van der Waals surface area contributed by atoms with Crippen LogP contribution in [0.4, 0.5) is 9.18 Å². The van der Waals surface area contributed by atoms with Gasteiger partial charge in [-0.1, -0.05) is 31.2 Å². The van der Waals surface area contributed by atoms with Crippen LogP contribution >= 0.6 is 0 Å². The number of amides is 2. The summed E-state index contributed by atoms with van der Waals surface area (Å²) in [6, 6.07) is 7.61. The van der Waals surface area contributed by atoms with Crippen LogP contribution in [-0.4, -0.2) is 19.3 Å². The summed E-state index contributed by atoms with van der Waals surface area (Å²) in [5, 5.41) is 5.11. The molecule has 0 saturated carbocycles. The Bertz CT molecular complexity index is 342. The lowest BCUT2D eigenvalue weighted by atomic mass is 10.1. The standard InChI is InChI=1S/C12H17FN2O/c1-2-10-5-3-4-6-11(10)9-15-12(16)14-8-7-13/h3-6H,2,7-9H2,1H3,(H2,14,15,16). The van der Waals surface area contributed by atoms with E-state index in [1.165, 1.54) is 5.56 Å². The number of nitrogens with one attached hydrogen (secondary N) is 2. The van der Waals surface area contributed by atoms with Crippen molar-refractivity contribution in [2.24, 2.45) is 0 Å². The lowest BCUT2D eigenvalue weighted by Gasteiger charge is -2.09. The second-order valence-corrected chi connectivity index (χ2v) is 3.42. The van der Waals surface area contributed by atoms with Gasteiger partial charge in [0.25, 0.3) is 0 Å². The molecule has 0 aliphatic carbocycles. The number of carbonyl (C=O) groups excluding carboxylic acids is 1. The summed E-state index contributed by atoms with van der Waals surface area (Å²) in [5.74, 6) is 0. The highest BCUT2D eigenvalue weighted by Gasteiger charge is 2.02. The molecule has 0 unspecified atom stereocenters. The van der Waals surface area contributed by atoms with Crippen LogP contribution in [-0.2, 0) is 13.0 Å². The predicted molar refractivity (Wildman–Crippen MR) is 62.0 cm³/mol. The highest BCUT2D eigenvalue weighted by molar-refractivity contribution is 5.73. The van der Waals surface area contributed by atoms with Crippen molar-refractivity contribution in [3.8, 4) is 0 Å². The van der Waals surface area contributed by atoms with Gasteiger partial charge in [-0.05, 0) is 17.5 Å². The second kappa shape index (κ2) is 6.82. The molecule has 0 aromatic heterocycles. The topological polar surface area (TPSA) is 41.1 Å². The minimum atomic E-state index is -0.543. The van der Waals surface area contributed by atoms with Crippen LogP contribution in [0.3, 0.4) is 0 Å². The predicted octanol–water partition coefficient (Wildman–Crippen LogP) is 2.02.